The molecular formula is C13H18N2S2. The summed E-state index contributed by atoms with van der Waals surface area (Å²) in [5, 5.41) is 3.50. The van der Waals surface area contributed by atoms with Gasteiger partial charge >= 0.3 is 0 Å². The fraction of sp³-hybridized carbons (Fsp3) is 0.462. The van der Waals surface area contributed by atoms with E-state index in [1.807, 2.05) is 13.0 Å². The molecular weight excluding hydrogens is 248 g/mol. The first-order chi connectivity index (χ1) is 8.16. The number of thioether (sulfide) groups is 1. The van der Waals surface area contributed by atoms with E-state index in [4.69, 9.17) is 18.0 Å². The first-order valence-electron chi connectivity index (χ1n) is 5.89. The summed E-state index contributed by atoms with van der Waals surface area (Å²) in [6, 6.07) is 6.18. The molecule has 2 nitrogen and oxygen atoms in total. The van der Waals surface area contributed by atoms with E-state index in [0.29, 0.717) is 4.99 Å². The van der Waals surface area contributed by atoms with Crippen LogP contribution in [-0.4, -0.2) is 23.0 Å². The maximum atomic E-state index is 5.65. The molecule has 0 aromatic heterocycles. The van der Waals surface area contributed by atoms with Gasteiger partial charge in [-0.05, 0) is 54.5 Å². The topological polar surface area (TPSA) is 38.0 Å². The summed E-state index contributed by atoms with van der Waals surface area (Å²) in [5.41, 5.74) is 8.93. The van der Waals surface area contributed by atoms with E-state index in [-0.39, 0.29) is 0 Å². The van der Waals surface area contributed by atoms with E-state index in [1.165, 1.54) is 23.6 Å². The Labute approximate surface area is 112 Å². The van der Waals surface area contributed by atoms with Crippen LogP contribution in [0.3, 0.4) is 0 Å². The summed E-state index contributed by atoms with van der Waals surface area (Å²) in [7, 11) is 0. The molecule has 0 amide bonds. The molecule has 0 radical (unpaired) electrons. The van der Waals surface area contributed by atoms with Crippen molar-refractivity contribution >= 4 is 34.7 Å². The maximum absolute atomic E-state index is 5.65. The number of anilines is 1. The lowest BCUT2D eigenvalue weighted by Gasteiger charge is -2.13. The van der Waals surface area contributed by atoms with Gasteiger partial charge in [-0.15, -0.1) is 0 Å². The zero-order valence-electron chi connectivity index (χ0n) is 10.0. The number of hydrogen-bond donors (Lipinski definition) is 2. The molecule has 2 rings (SSSR count). The lowest BCUT2D eigenvalue weighted by molar-refractivity contribution is 0.632. The van der Waals surface area contributed by atoms with E-state index in [0.717, 1.165) is 23.6 Å². The van der Waals surface area contributed by atoms with Crippen molar-refractivity contribution < 1.29 is 0 Å². The van der Waals surface area contributed by atoms with Gasteiger partial charge in [0.05, 0.1) is 0 Å². The summed E-state index contributed by atoms with van der Waals surface area (Å²) in [6.07, 6.45) is 1.33. The minimum absolute atomic E-state index is 0.473. The van der Waals surface area contributed by atoms with Crippen LogP contribution in [0.4, 0.5) is 5.69 Å². The number of thiocarbonyl (C=S) groups is 1. The number of rotatable bonds is 4. The minimum atomic E-state index is 0.473. The Morgan fingerprint density at radius 3 is 3.00 bits per heavy atom. The second-order valence-electron chi connectivity index (χ2n) is 4.50. The van der Waals surface area contributed by atoms with Crippen LogP contribution < -0.4 is 11.1 Å². The summed E-state index contributed by atoms with van der Waals surface area (Å²) >= 11 is 7.05. The Bertz CT molecular complexity index is 412. The lowest BCUT2D eigenvalue weighted by atomic mass is 10.1. The van der Waals surface area contributed by atoms with E-state index in [9.17, 15) is 0 Å². The number of aryl methyl sites for hydroxylation is 1. The second-order valence-corrected chi connectivity index (χ2v) is 6.09. The van der Waals surface area contributed by atoms with Crippen LogP contribution in [0.5, 0.6) is 0 Å². The maximum Gasteiger partial charge on any atom is 0.104 e. The highest BCUT2D eigenvalue weighted by Crippen LogP contribution is 2.24. The van der Waals surface area contributed by atoms with E-state index >= 15 is 0 Å². The van der Waals surface area contributed by atoms with E-state index in [1.54, 1.807) is 0 Å². The van der Waals surface area contributed by atoms with Gasteiger partial charge in [0.15, 0.2) is 0 Å². The van der Waals surface area contributed by atoms with Crippen molar-refractivity contribution in [3.05, 3.63) is 29.3 Å². The largest absolute Gasteiger partial charge is 0.389 e. The van der Waals surface area contributed by atoms with Gasteiger partial charge in [-0.25, -0.2) is 0 Å². The Kier molecular flexibility index (Phi) is 4.29. The SMILES string of the molecule is Cc1cc(NCC2CCSC2)ccc1C(N)=S. The predicted molar refractivity (Wildman–Crippen MR) is 81.0 cm³/mol. The molecule has 0 saturated carbocycles. The fourth-order valence-corrected chi connectivity index (χ4v) is 3.57. The number of nitrogens with one attached hydrogen (secondary N) is 1. The highest BCUT2D eigenvalue weighted by Gasteiger charge is 2.14. The van der Waals surface area contributed by atoms with Crippen LogP contribution in [0.15, 0.2) is 18.2 Å². The molecule has 92 valence electrons. The zero-order chi connectivity index (χ0) is 12.3. The molecule has 0 aliphatic carbocycles. The number of nitrogens with two attached hydrogens (primary N) is 1. The van der Waals surface area contributed by atoms with Gasteiger partial charge in [0.2, 0.25) is 0 Å². The standard InChI is InChI=1S/C13H18N2S2/c1-9-6-11(2-3-12(9)13(14)16)15-7-10-4-5-17-8-10/h2-3,6,10,15H,4-5,7-8H2,1H3,(H2,14,16). The van der Waals surface area contributed by atoms with Crippen molar-refractivity contribution in [2.24, 2.45) is 11.7 Å². The molecule has 1 aliphatic rings. The Morgan fingerprint density at radius 2 is 2.41 bits per heavy atom. The predicted octanol–water partition coefficient (Wildman–Crippen LogP) is 2.79. The van der Waals surface area contributed by atoms with Crippen LogP contribution in [-0.2, 0) is 0 Å². The summed E-state index contributed by atoms with van der Waals surface area (Å²) in [5.74, 6) is 3.42. The highest BCUT2D eigenvalue weighted by atomic mass is 32.2. The summed E-state index contributed by atoms with van der Waals surface area (Å²) in [6.45, 7) is 3.12. The first-order valence-corrected chi connectivity index (χ1v) is 7.45. The molecule has 0 spiro atoms. The zero-order valence-corrected chi connectivity index (χ0v) is 11.7. The van der Waals surface area contributed by atoms with Crippen LogP contribution >= 0.6 is 24.0 Å². The molecule has 1 unspecified atom stereocenters. The third-order valence-corrected chi connectivity index (χ3v) is 4.56. The Balaban J connectivity index is 1.97. The average Bonchev–Trinajstić information content (AvgIpc) is 2.78. The molecule has 1 atom stereocenters. The molecule has 1 aliphatic heterocycles. The number of hydrogen-bond acceptors (Lipinski definition) is 3. The van der Waals surface area contributed by atoms with Gasteiger partial charge in [0.1, 0.15) is 4.99 Å². The lowest BCUT2D eigenvalue weighted by Crippen LogP contribution is -2.14. The van der Waals surface area contributed by atoms with Gasteiger partial charge in [-0.3, -0.25) is 0 Å². The monoisotopic (exact) mass is 266 g/mol. The Morgan fingerprint density at radius 1 is 1.59 bits per heavy atom. The molecule has 1 heterocycles. The molecule has 0 bridgehead atoms. The molecule has 1 aromatic carbocycles. The van der Waals surface area contributed by atoms with E-state index < -0.39 is 0 Å². The normalized spacial score (nSPS) is 19.2. The van der Waals surface area contributed by atoms with E-state index in [2.05, 4.69) is 29.2 Å². The van der Waals surface area contributed by atoms with Gasteiger partial charge in [0.25, 0.3) is 0 Å². The number of benzene rings is 1. The van der Waals surface area contributed by atoms with Crippen LogP contribution in [0, 0.1) is 12.8 Å². The van der Waals surface area contributed by atoms with Gasteiger partial charge < -0.3 is 11.1 Å². The molecule has 1 saturated heterocycles. The van der Waals surface area contributed by atoms with Crippen molar-refractivity contribution in [3.8, 4) is 0 Å². The smallest absolute Gasteiger partial charge is 0.104 e. The highest BCUT2D eigenvalue weighted by molar-refractivity contribution is 7.99. The van der Waals surface area contributed by atoms with Gasteiger partial charge in [-0.2, -0.15) is 11.8 Å². The molecule has 1 fully saturated rings. The first kappa shape index (κ1) is 12.7. The van der Waals surface area contributed by atoms with Gasteiger partial charge in [-0.1, -0.05) is 12.2 Å². The van der Waals surface area contributed by atoms with Crippen molar-refractivity contribution in [2.45, 2.75) is 13.3 Å². The second kappa shape index (κ2) is 5.74. The Hall–Kier alpha value is -0.740. The van der Waals surface area contributed by atoms with Crippen LogP contribution in [0.2, 0.25) is 0 Å². The molecule has 1 aromatic rings. The van der Waals surface area contributed by atoms with Crippen molar-refractivity contribution in [2.75, 3.05) is 23.4 Å². The third kappa shape index (κ3) is 3.36. The molecule has 17 heavy (non-hydrogen) atoms. The third-order valence-electron chi connectivity index (χ3n) is 3.11. The van der Waals surface area contributed by atoms with Crippen molar-refractivity contribution in [1.82, 2.24) is 0 Å². The molecule has 4 heteroatoms. The van der Waals surface area contributed by atoms with Crippen LogP contribution in [0.1, 0.15) is 17.5 Å². The van der Waals surface area contributed by atoms with Gasteiger partial charge in [0, 0.05) is 17.8 Å². The quantitative estimate of drug-likeness (QED) is 0.822. The fourth-order valence-electron chi connectivity index (χ4n) is 2.06. The minimum Gasteiger partial charge on any atom is -0.389 e. The summed E-state index contributed by atoms with van der Waals surface area (Å²) < 4.78 is 0. The summed E-state index contributed by atoms with van der Waals surface area (Å²) in [4.78, 5) is 0.473. The molecule has 3 N–H and O–H groups in total. The van der Waals surface area contributed by atoms with Crippen LogP contribution in [0.25, 0.3) is 0 Å². The van der Waals surface area contributed by atoms with Crippen molar-refractivity contribution in [1.29, 1.82) is 0 Å². The van der Waals surface area contributed by atoms with Crippen molar-refractivity contribution in [3.63, 3.8) is 0 Å². The average molecular weight is 266 g/mol.